The number of hydrogen-bond acceptors (Lipinski definition) is 15. The maximum atomic E-state index is 13.6. The molecule has 4 amide bonds. The molecule has 0 radical (unpaired) electrons. The molecule has 3 aliphatic heterocycles. The fourth-order valence-electron chi connectivity index (χ4n) is 9.18. The SMILES string of the molecule is CSCC[C@H](CC(=O)C1CCC2(CC1)CN(C(=O)CN1CCN(CC(=O)O)CCN(CC(=O)O)CCN(CC(=O)O)CC1)C2)C(=O)NCC(=O)C[C@@H](CCCCN1C(=O)C=CC1=O)C(=O)O. The van der Waals surface area contributed by atoms with Crippen molar-refractivity contribution in [3.8, 4) is 0 Å². The van der Waals surface area contributed by atoms with Crippen LogP contribution < -0.4 is 5.32 Å². The summed E-state index contributed by atoms with van der Waals surface area (Å²) in [5.41, 5.74) is -0.125. The van der Waals surface area contributed by atoms with E-state index in [9.17, 15) is 68.4 Å². The summed E-state index contributed by atoms with van der Waals surface area (Å²) in [5.74, 6) is -7.38. The van der Waals surface area contributed by atoms with Crippen molar-refractivity contribution in [2.75, 3.05) is 117 Å². The molecule has 3 heterocycles. The number of imide groups is 1. The van der Waals surface area contributed by atoms with E-state index in [-0.39, 0.29) is 108 Å². The molecular weight excluding hydrogens is 883 g/mol. The summed E-state index contributed by atoms with van der Waals surface area (Å²) in [7, 11) is 0. The summed E-state index contributed by atoms with van der Waals surface area (Å²) in [6.45, 7) is 2.53. The van der Waals surface area contributed by atoms with Gasteiger partial charge in [0.25, 0.3) is 11.8 Å². The predicted octanol–water partition coefficient (Wildman–Crippen LogP) is -0.319. The van der Waals surface area contributed by atoms with Gasteiger partial charge in [-0.3, -0.25) is 72.4 Å². The number of nitrogens with zero attached hydrogens (tertiary/aromatic N) is 6. The number of ketones is 2. The van der Waals surface area contributed by atoms with Crippen LogP contribution in [-0.4, -0.2) is 226 Å². The van der Waals surface area contributed by atoms with Gasteiger partial charge in [0.2, 0.25) is 11.8 Å². The molecule has 0 aromatic rings. The van der Waals surface area contributed by atoms with Crippen LogP contribution in [0.4, 0.5) is 0 Å². The van der Waals surface area contributed by atoms with Crippen LogP contribution in [0.2, 0.25) is 0 Å². The second-order valence-corrected chi connectivity index (χ2v) is 19.1. The largest absolute Gasteiger partial charge is 0.481 e. The normalized spacial score (nSPS) is 20.3. The molecule has 3 fully saturated rings. The zero-order valence-electron chi connectivity index (χ0n) is 37.9. The second kappa shape index (κ2) is 26.5. The Hall–Kier alpha value is -4.77. The number of aliphatic carboxylic acids is 4. The lowest BCUT2D eigenvalue weighted by atomic mass is 9.64. The van der Waals surface area contributed by atoms with E-state index in [0.29, 0.717) is 77.1 Å². The van der Waals surface area contributed by atoms with E-state index < -0.39 is 59.2 Å². The summed E-state index contributed by atoms with van der Waals surface area (Å²) < 4.78 is 0. The van der Waals surface area contributed by atoms with Gasteiger partial charge in [0.05, 0.1) is 38.6 Å². The number of carbonyl (C=O) groups is 10. The number of rotatable bonds is 25. The fraction of sp³-hybridized carbons (Fsp3) is 0.727. The molecule has 0 unspecified atom stereocenters. The number of thioether (sulfide) groups is 1. The molecule has 22 heteroatoms. The van der Waals surface area contributed by atoms with Crippen molar-refractivity contribution in [3.05, 3.63) is 12.2 Å². The topological polar surface area (TPSA) is 283 Å². The van der Waals surface area contributed by atoms with Crippen LogP contribution >= 0.6 is 11.8 Å². The van der Waals surface area contributed by atoms with E-state index in [1.807, 2.05) is 11.2 Å². The Morgan fingerprint density at radius 3 is 1.62 bits per heavy atom. The maximum Gasteiger partial charge on any atom is 0.317 e. The zero-order chi connectivity index (χ0) is 48.4. The van der Waals surface area contributed by atoms with Crippen molar-refractivity contribution in [1.29, 1.82) is 0 Å². The molecular formula is C44H67N7O14S. The van der Waals surface area contributed by atoms with Gasteiger partial charge < -0.3 is 30.6 Å². The molecule has 0 bridgehead atoms. The Morgan fingerprint density at radius 2 is 1.17 bits per heavy atom. The third-order valence-corrected chi connectivity index (χ3v) is 13.8. The number of Topliss-reactive ketones (excluding diaryl/α,β-unsaturated/α-hetero) is 2. The highest BCUT2D eigenvalue weighted by Gasteiger charge is 2.48. The van der Waals surface area contributed by atoms with Gasteiger partial charge in [-0.05, 0) is 57.0 Å². The van der Waals surface area contributed by atoms with Gasteiger partial charge in [0, 0.05) is 114 Å². The average molecular weight is 950 g/mol. The number of carboxylic acids is 4. The third kappa shape index (κ3) is 17.8. The number of carboxylic acid groups (broad SMARTS) is 4. The van der Waals surface area contributed by atoms with Gasteiger partial charge in [-0.1, -0.05) is 6.42 Å². The lowest BCUT2D eigenvalue weighted by molar-refractivity contribution is -0.149. The minimum absolute atomic E-state index is 0.0162. The molecule has 368 valence electrons. The zero-order valence-corrected chi connectivity index (χ0v) is 38.8. The molecule has 1 spiro atoms. The van der Waals surface area contributed by atoms with Gasteiger partial charge in [0.1, 0.15) is 5.78 Å². The fourth-order valence-corrected chi connectivity index (χ4v) is 9.70. The monoisotopic (exact) mass is 949 g/mol. The van der Waals surface area contributed by atoms with Crippen molar-refractivity contribution in [2.24, 2.45) is 23.2 Å². The molecule has 5 N–H and O–H groups in total. The van der Waals surface area contributed by atoms with Crippen molar-refractivity contribution in [1.82, 2.24) is 34.7 Å². The van der Waals surface area contributed by atoms with Gasteiger partial charge in [-0.15, -0.1) is 0 Å². The lowest BCUT2D eigenvalue weighted by Gasteiger charge is -2.53. The summed E-state index contributed by atoms with van der Waals surface area (Å²) >= 11 is 1.53. The molecule has 0 aromatic carbocycles. The molecule has 2 saturated heterocycles. The number of nitrogens with one attached hydrogen (secondary N) is 1. The Kier molecular flexibility index (Phi) is 21.6. The van der Waals surface area contributed by atoms with E-state index in [0.717, 1.165) is 17.7 Å². The van der Waals surface area contributed by atoms with Crippen LogP contribution in [0.25, 0.3) is 0 Å². The number of unbranched alkanes of at least 4 members (excludes halogenated alkanes) is 1. The summed E-state index contributed by atoms with van der Waals surface area (Å²) in [6, 6.07) is 0. The van der Waals surface area contributed by atoms with Gasteiger partial charge in [0.15, 0.2) is 5.78 Å². The van der Waals surface area contributed by atoms with Crippen molar-refractivity contribution in [3.63, 3.8) is 0 Å². The number of likely N-dealkylation sites (tertiary alicyclic amines) is 1. The number of amides is 4. The highest BCUT2D eigenvalue weighted by atomic mass is 32.2. The molecule has 1 aliphatic carbocycles. The first-order chi connectivity index (χ1) is 31.4. The lowest BCUT2D eigenvalue weighted by Crippen LogP contribution is -2.61. The average Bonchev–Trinajstić information content (AvgIpc) is 3.57. The molecule has 21 nitrogen and oxygen atoms in total. The van der Waals surface area contributed by atoms with Crippen LogP contribution in [0.1, 0.15) is 64.2 Å². The van der Waals surface area contributed by atoms with Gasteiger partial charge in [-0.25, -0.2) is 0 Å². The van der Waals surface area contributed by atoms with Crippen molar-refractivity contribution >= 4 is 70.8 Å². The van der Waals surface area contributed by atoms with Gasteiger partial charge in [-0.2, -0.15) is 11.8 Å². The summed E-state index contributed by atoms with van der Waals surface area (Å²) in [6.07, 6.45) is 8.01. The van der Waals surface area contributed by atoms with Crippen LogP contribution in [0, 0.1) is 23.2 Å². The molecule has 0 aromatic heterocycles. The van der Waals surface area contributed by atoms with E-state index >= 15 is 0 Å². The Balaban J connectivity index is 1.23. The smallest absolute Gasteiger partial charge is 0.317 e. The minimum Gasteiger partial charge on any atom is -0.481 e. The van der Waals surface area contributed by atoms with E-state index in [2.05, 4.69) is 5.32 Å². The first kappa shape index (κ1) is 53.8. The number of hydrogen-bond donors (Lipinski definition) is 5. The van der Waals surface area contributed by atoms with E-state index in [1.165, 1.54) is 23.9 Å². The van der Waals surface area contributed by atoms with Crippen LogP contribution in [0.3, 0.4) is 0 Å². The Labute approximate surface area is 389 Å². The highest BCUT2D eigenvalue weighted by molar-refractivity contribution is 7.98. The predicted molar refractivity (Wildman–Crippen MR) is 239 cm³/mol. The van der Waals surface area contributed by atoms with Crippen molar-refractivity contribution in [2.45, 2.75) is 64.2 Å². The molecule has 66 heavy (non-hydrogen) atoms. The first-order valence-corrected chi connectivity index (χ1v) is 24.2. The van der Waals surface area contributed by atoms with Crippen molar-refractivity contribution < 1.29 is 68.4 Å². The van der Waals surface area contributed by atoms with E-state index in [1.54, 1.807) is 19.6 Å². The van der Waals surface area contributed by atoms with E-state index in [4.69, 9.17) is 0 Å². The van der Waals surface area contributed by atoms with Gasteiger partial charge >= 0.3 is 23.9 Å². The Morgan fingerprint density at radius 1 is 0.682 bits per heavy atom. The molecule has 4 aliphatic rings. The van der Waals surface area contributed by atoms with Crippen LogP contribution in [0.15, 0.2) is 12.2 Å². The molecule has 2 atom stereocenters. The number of carbonyl (C=O) groups excluding carboxylic acids is 6. The summed E-state index contributed by atoms with van der Waals surface area (Å²) in [5, 5.41) is 40.8. The quantitative estimate of drug-likeness (QED) is 0.0579. The Bertz CT molecular complexity index is 1750. The maximum absolute atomic E-state index is 13.6. The second-order valence-electron chi connectivity index (χ2n) is 18.1. The highest BCUT2D eigenvalue weighted by Crippen LogP contribution is 2.46. The minimum atomic E-state index is -1.15. The molecule has 1 saturated carbocycles. The standard InChI is InChI=1S/C44H67N7O14S/c1-66-21-9-32(42(63)45-24-34(52)22-33(43(64)65)4-2-3-12-51-36(54)5-6-37(51)55)23-35(53)31-7-10-44(11-8-31)29-50(30-44)38(56)25-46-13-15-47(26-39(57)58)17-19-49(28-41(61)62)20-18-48(16-14-46)27-40(59)60/h5-6,31-33H,2-4,7-30H2,1H3,(H,45,63)(H,57,58)(H,59,60)(H,61,62)(H,64,65)/t32-,33-/m1/s1. The van der Waals surface area contributed by atoms with Crippen LogP contribution in [0.5, 0.6) is 0 Å². The van der Waals surface area contributed by atoms with Crippen LogP contribution in [-0.2, 0) is 47.9 Å². The summed E-state index contributed by atoms with van der Waals surface area (Å²) in [4.78, 5) is 133. The third-order valence-electron chi connectivity index (χ3n) is 13.1. The first-order valence-electron chi connectivity index (χ1n) is 22.8. The molecule has 4 rings (SSSR count).